The van der Waals surface area contributed by atoms with Gasteiger partial charge in [0.25, 0.3) is 0 Å². The van der Waals surface area contributed by atoms with E-state index in [9.17, 15) is 5.11 Å². The van der Waals surface area contributed by atoms with Crippen molar-refractivity contribution in [3.05, 3.63) is 59.0 Å². The van der Waals surface area contributed by atoms with E-state index in [1.165, 1.54) is 0 Å². The average molecular weight is 245 g/mol. The van der Waals surface area contributed by atoms with Crippen molar-refractivity contribution in [2.45, 2.75) is 25.9 Å². The van der Waals surface area contributed by atoms with Crippen molar-refractivity contribution in [3.63, 3.8) is 0 Å². The van der Waals surface area contributed by atoms with Crippen LogP contribution in [0.4, 0.5) is 0 Å². The molecule has 1 aromatic heterocycles. The van der Waals surface area contributed by atoms with E-state index >= 15 is 0 Å². The minimum absolute atomic E-state index is 0.109. The zero-order chi connectivity index (χ0) is 13.1. The normalized spacial score (nSPS) is 14.4. The summed E-state index contributed by atoms with van der Waals surface area (Å²) >= 11 is 0. The van der Waals surface area contributed by atoms with Gasteiger partial charge in [0, 0.05) is 18.0 Å². The van der Waals surface area contributed by atoms with E-state index in [0.717, 1.165) is 22.5 Å². The summed E-state index contributed by atoms with van der Waals surface area (Å²) in [6.45, 7) is 4.29. The molecule has 0 radical (unpaired) electrons. The van der Waals surface area contributed by atoms with Crippen LogP contribution in [-0.4, -0.2) is 11.7 Å². The van der Waals surface area contributed by atoms with Crippen molar-refractivity contribution in [1.29, 1.82) is 0 Å². The fourth-order valence-corrected chi connectivity index (χ4v) is 2.35. The lowest BCUT2D eigenvalue weighted by molar-refractivity contribution is 0.145. The van der Waals surface area contributed by atoms with Gasteiger partial charge in [0.1, 0.15) is 5.76 Å². The Balaban J connectivity index is 2.35. The summed E-state index contributed by atoms with van der Waals surface area (Å²) in [5.74, 6) is 0.636. The predicted octanol–water partition coefficient (Wildman–Crippen LogP) is 2.67. The number of aliphatic hydroxyl groups excluding tert-OH is 1. The molecule has 0 saturated heterocycles. The van der Waals surface area contributed by atoms with Gasteiger partial charge >= 0.3 is 0 Å². The van der Waals surface area contributed by atoms with Gasteiger partial charge in [0.2, 0.25) is 0 Å². The topological polar surface area (TPSA) is 59.4 Å². The van der Waals surface area contributed by atoms with Crippen LogP contribution >= 0.6 is 0 Å². The number of benzene rings is 1. The zero-order valence-electron chi connectivity index (χ0n) is 10.8. The number of hydrogen-bond acceptors (Lipinski definition) is 3. The van der Waals surface area contributed by atoms with Crippen molar-refractivity contribution in [2.24, 2.45) is 5.73 Å². The monoisotopic (exact) mass is 245 g/mol. The quantitative estimate of drug-likeness (QED) is 0.870. The van der Waals surface area contributed by atoms with Crippen LogP contribution in [0.2, 0.25) is 0 Å². The molecule has 1 heterocycles. The second-order valence-electron chi connectivity index (χ2n) is 4.58. The number of hydrogen-bond donors (Lipinski definition) is 2. The lowest BCUT2D eigenvalue weighted by atomic mass is 9.87. The molecule has 0 aliphatic rings. The number of nitrogens with two attached hydrogens (primary N) is 1. The molecule has 0 aliphatic carbocycles. The molecule has 0 saturated carbocycles. The second kappa shape index (κ2) is 5.38. The van der Waals surface area contributed by atoms with Gasteiger partial charge in [0.15, 0.2) is 0 Å². The highest BCUT2D eigenvalue weighted by atomic mass is 16.3. The third-order valence-corrected chi connectivity index (χ3v) is 3.44. The van der Waals surface area contributed by atoms with Crippen LogP contribution in [-0.2, 0) is 0 Å². The van der Waals surface area contributed by atoms with Crippen LogP contribution in [0.1, 0.15) is 34.5 Å². The zero-order valence-corrected chi connectivity index (χ0v) is 10.8. The third kappa shape index (κ3) is 2.33. The lowest BCUT2D eigenvalue weighted by Crippen LogP contribution is -2.21. The molecular weight excluding hydrogens is 226 g/mol. The smallest absolute Gasteiger partial charge is 0.106 e. The Morgan fingerprint density at radius 3 is 2.44 bits per heavy atom. The largest absolute Gasteiger partial charge is 0.469 e. The molecule has 18 heavy (non-hydrogen) atoms. The van der Waals surface area contributed by atoms with Crippen LogP contribution in [0.15, 0.2) is 41.0 Å². The molecule has 0 spiro atoms. The Labute approximate surface area is 107 Å². The predicted molar refractivity (Wildman–Crippen MR) is 71.4 cm³/mol. The lowest BCUT2D eigenvalue weighted by Gasteiger charge is -2.23. The second-order valence-corrected chi connectivity index (χ2v) is 4.58. The Morgan fingerprint density at radius 1 is 1.17 bits per heavy atom. The number of aryl methyl sites for hydroxylation is 2. The average Bonchev–Trinajstić information content (AvgIpc) is 2.78. The summed E-state index contributed by atoms with van der Waals surface area (Å²) in [7, 11) is 0. The summed E-state index contributed by atoms with van der Waals surface area (Å²) < 4.78 is 5.25. The van der Waals surface area contributed by atoms with Crippen molar-refractivity contribution in [2.75, 3.05) is 6.54 Å². The summed E-state index contributed by atoms with van der Waals surface area (Å²) in [4.78, 5) is 0. The van der Waals surface area contributed by atoms with Crippen LogP contribution < -0.4 is 5.73 Å². The van der Waals surface area contributed by atoms with Crippen molar-refractivity contribution in [1.82, 2.24) is 0 Å². The Bertz CT molecular complexity index is 519. The molecule has 2 aromatic rings. The minimum atomic E-state index is -0.630. The van der Waals surface area contributed by atoms with Gasteiger partial charge < -0.3 is 15.3 Å². The Hall–Kier alpha value is -1.58. The molecule has 3 nitrogen and oxygen atoms in total. The molecule has 2 atom stereocenters. The molecule has 0 fully saturated rings. The molecule has 2 unspecified atom stereocenters. The van der Waals surface area contributed by atoms with Gasteiger partial charge in [-0.2, -0.15) is 0 Å². The van der Waals surface area contributed by atoms with E-state index in [-0.39, 0.29) is 5.92 Å². The Morgan fingerprint density at radius 2 is 1.89 bits per heavy atom. The summed E-state index contributed by atoms with van der Waals surface area (Å²) in [6.07, 6.45) is 0.967. The van der Waals surface area contributed by atoms with E-state index in [4.69, 9.17) is 10.2 Å². The van der Waals surface area contributed by atoms with E-state index in [2.05, 4.69) is 0 Å². The maximum atomic E-state index is 10.5. The first-order chi connectivity index (χ1) is 8.65. The maximum Gasteiger partial charge on any atom is 0.106 e. The summed E-state index contributed by atoms with van der Waals surface area (Å²) in [5.41, 5.74) is 8.89. The molecule has 0 aliphatic heterocycles. The van der Waals surface area contributed by atoms with Gasteiger partial charge in [-0.15, -0.1) is 0 Å². The highest BCUT2D eigenvalue weighted by Gasteiger charge is 2.25. The minimum Gasteiger partial charge on any atom is -0.469 e. The molecule has 3 heteroatoms. The molecular formula is C15H19NO2. The SMILES string of the molecule is Cc1ccccc1C(CN)C(O)c1ccoc1C. The van der Waals surface area contributed by atoms with E-state index in [1.54, 1.807) is 12.3 Å². The van der Waals surface area contributed by atoms with Crippen molar-refractivity contribution in [3.8, 4) is 0 Å². The summed E-state index contributed by atoms with van der Waals surface area (Å²) in [5, 5.41) is 10.5. The van der Waals surface area contributed by atoms with Gasteiger partial charge in [-0.25, -0.2) is 0 Å². The van der Waals surface area contributed by atoms with Crippen LogP contribution in [0, 0.1) is 13.8 Å². The number of rotatable bonds is 4. The first-order valence-electron chi connectivity index (χ1n) is 6.12. The molecule has 2 rings (SSSR count). The Kier molecular flexibility index (Phi) is 3.84. The van der Waals surface area contributed by atoms with Gasteiger partial charge in [-0.1, -0.05) is 24.3 Å². The van der Waals surface area contributed by atoms with E-state index in [0.29, 0.717) is 6.54 Å². The molecule has 96 valence electrons. The van der Waals surface area contributed by atoms with Gasteiger partial charge in [-0.05, 0) is 31.0 Å². The highest BCUT2D eigenvalue weighted by Crippen LogP contribution is 2.33. The van der Waals surface area contributed by atoms with Crippen LogP contribution in [0.5, 0.6) is 0 Å². The molecule has 0 bridgehead atoms. The van der Waals surface area contributed by atoms with Gasteiger partial charge in [0.05, 0.1) is 12.4 Å². The van der Waals surface area contributed by atoms with Crippen molar-refractivity contribution < 1.29 is 9.52 Å². The first kappa shape index (κ1) is 12.9. The molecule has 0 amide bonds. The number of aliphatic hydroxyl groups is 1. The van der Waals surface area contributed by atoms with E-state index in [1.807, 2.05) is 38.1 Å². The molecule has 3 N–H and O–H groups in total. The maximum absolute atomic E-state index is 10.5. The fourth-order valence-electron chi connectivity index (χ4n) is 2.35. The van der Waals surface area contributed by atoms with Crippen LogP contribution in [0.25, 0.3) is 0 Å². The van der Waals surface area contributed by atoms with E-state index < -0.39 is 6.10 Å². The van der Waals surface area contributed by atoms with Gasteiger partial charge in [-0.3, -0.25) is 0 Å². The number of furan rings is 1. The standard InChI is InChI=1S/C15H19NO2/c1-10-5-3-4-6-12(10)14(9-16)15(17)13-7-8-18-11(13)2/h3-8,14-15,17H,9,16H2,1-2H3. The third-order valence-electron chi connectivity index (χ3n) is 3.44. The highest BCUT2D eigenvalue weighted by molar-refractivity contribution is 5.33. The summed E-state index contributed by atoms with van der Waals surface area (Å²) in [6, 6.07) is 9.82. The molecule has 1 aromatic carbocycles. The van der Waals surface area contributed by atoms with Crippen molar-refractivity contribution >= 4 is 0 Å². The van der Waals surface area contributed by atoms with Crippen LogP contribution in [0.3, 0.4) is 0 Å². The first-order valence-corrected chi connectivity index (χ1v) is 6.12. The fraction of sp³-hybridized carbons (Fsp3) is 0.333.